The summed E-state index contributed by atoms with van der Waals surface area (Å²) in [5.74, 6) is 1.33. The second-order valence-corrected chi connectivity index (χ2v) is 6.64. The van der Waals surface area contributed by atoms with Crippen LogP contribution in [0.5, 0.6) is 0 Å². The van der Waals surface area contributed by atoms with E-state index in [2.05, 4.69) is 49.2 Å². The highest BCUT2D eigenvalue weighted by atomic mass is 127. The van der Waals surface area contributed by atoms with Crippen LogP contribution in [-0.4, -0.2) is 28.3 Å². The summed E-state index contributed by atoms with van der Waals surface area (Å²) in [5.41, 5.74) is 8.20. The number of hydrogen-bond acceptors (Lipinski definition) is 2. The SMILES string of the molecule is Cc1cc(C)n(CCCN=C(N)NC(C)CCCC(C)C)n1.I. The van der Waals surface area contributed by atoms with Crippen molar-refractivity contribution in [1.29, 1.82) is 0 Å². The summed E-state index contributed by atoms with van der Waals surface area (Å²) in [6, 6.07) is 2.48. The van der Waals surface area contributed by atoms with Crippen LogP contribution < -0.4 is 11.1 Å². The Hall–Kier alpha value is -0.790. The maximum Gasteiger partial charge on any atom is 0.188 e. The summed E-state index contributed by atoms with van der Waals surface area (Å²) in [4.78, 5) is 4.40. The van der Waals surface area contributed by atoms with Crippen LogP contribution in [0.15, 0.2) is 11.1 Å². The van der Waals surface area contributed by atoms with Crippen LogP contribution in [0, 0.1) is 19.8 Å². The van der Waals surface area contributed by atoms with Gasteiger partial charge in [0.05, 0.1) is 5.69 Å². The van der Waals surface area contributed by atoms with Gasteiger partial charge in [0.2, 0.25) is 0 Å². The Morgan fingerprint density at radius 2 is 1.96 bits per heavy atom. The Morgan fingerprint density at radius 3 is 2.52 bits per heavy atom. The lowest BCUT2D eigenvalue weighted by Crippen LogP contribution is -2.38. The van der Waals surface area contributed by atoms with Crippen molar-refractivity contribution < 1.29 is 0 Å². The van der Waals surface area contributed by atoms with Gasteiger partial charge in [-0.1, -0.05) is 26.7 Å². The molecule has 1 atom stereocenters. The summed E-state index contributed by atoms with van der Waals surface area (Å²) in [6.07, 6.45) is 4.59. The van der Waals surface area contributed by atoms with Gasteiger partial charge < -0.3 is 11.1 Å². The van der Waals surface area contributed by atoms with E-state index in [-0.39, 0.29) is 24.0 Å². The molecule has 5 nitrogen and oxygen atoms in total. The number of nitrogens with zero attached hydrogens (tertiary/aromatic N) is 3. The van der Waals surface area contributed by atoms with Crippen molar-refractivity contribution in [1.82, 2.24) is 15.1 Å². The molecule has 0 bridgehead atoms. The monoisotopic (exact) mass is 435 g/mol. The Bertz CT molecular complexity index is 468. The van der Waals surface area contributed by atoms with Gasteiger partial charge in [-0.2, -0.15) is 5.10 Å². The number of rotatable bonds is 9. The van der Waals surface area contributed by atoms with Crippen molar-refractivity contribution in [2.24, 2.45) is 16.6 Å². The van der Waals surface area contributed by atoms with Crippen molar-refractivity contribution in [2.75, 3.05) is 6.54 Å². The second-order valence-electron chi connectivity index (χ2n) is 6.64. The van der Waals surface area contributed by atoms with Crippen LogP contribution >= 0.6 is 24.0 Å². The van der Waals surface area contributed by atoms with Gasteiger partial charge in [0.15, 0.2) is 5.96 Å². The smallest absolute Gasteiger partial charge is 0.188 e. The molecule has 1 aromatic rings. The van der Waals surface area contributed by atoms with Gasteiger partial charge in [0.25, 0.3) is 0 Å². The van der Waals surface area contributed by atoms with Crippen molar-refractivity contribution in [3.63, 3.8) is 0 Å². The number of aromatic nitrogens is 2. The third kappa shape index (κ3) is 9.84. The van der Waals surface area contributed by atoms with Crippen LogP contribution in [-0.2, 0) is 6.54 Å². The average Bonchev–Trinajstić information content (AvgIpc) is 2.72. The van der Waals surface area contributed by atoms with Crippen LogP contribution in [0.25, 0.3) is 0 Å². The predicted octanol–water partition coefficient (Wildman–Crippen LogP) is 3.63. The first kappa shape index (κ1) is 22.2. The first-order valence-corrected chi connectivity index (χ1v) is 8.46. The second kappa shape index (κ2) is 11.7. The van der Waals surface area contributed by atoms with E-state index in [1.807, 2.05) is 11.6 Å². The highest BCUT2D eigenvalue weighted by Gasteiger charge is 2.04. The minimum atomic E-state index is 0. The molecule has 0 aromatic carbocycles. The predicted molar refractivity (Wildman–Crippen MR) is 110 cm³/mol. The summed E-state index contributed by atoms with van der Waals surface area (Å²) < 4.78 is 2.03. The zero-order chi connectivity index (χ0) is 16.5. The lowest BCUT2D eigenvalue weighted by Gasteiger charge is -2.15. The Labute approximate surface area is 158 Å². The molecular formula is C17H34IN5. The van der Waals surface area contributed by atoms with Crippen molar-refractivity contribution in [2.45, 2.75) is 72.9 Å². The van der Waals surface area contributed by atoms with Crippen molar-refractivity contribution in [3.8, 4) is 0 Å². The van der Waals surface area contributed by atoms with Crippen molar-refractivity contribution in [3.05, 3.63) is 17.5 Å². The van der Waals surface area contributed by atoms with E-state index in [9.17, 15) is 0 Å². The van der Waals surface area contributed by atoms with Crippen LogP contribution in [0.1, 0.15) is 57.8 Å². The molecule has 0 radical (unpaired) electrons. The molecule has 3 N–H and O–H groups in total. The van der Waals surface area contributed by atoms with E-state index >= 15 is 0 Å². The van der Waals surface area contributed by atoms with Gasteiger partial charge in [0.1, 0.15) is 0 Å². The molecule has 1 aromatic heterocycles. The minimum absolute atomic E-state index is 0. The topological polar surface area (TPSA) is 68.2 Å². The van der Waals surface area contributed by atoms with Gasteiger partial charge in [-0.05, 0) is 45.6 Å². The molecule has 23 heavy (non-hydrogen) atoms. The number of halogens is 1. The lowest BCUT2D eigenvalue weighted by atomic mass is 10.0. The highest BCUT2D eigenvalue weighted by Crippen LogP contribution is 2.08. The molecule has 1 rings (SSSR count). The fraction of sp³-hybridized carbons (Fsp3) is 0.765. The standard InChI is InChI=1S/C17H33N5.HI/c1-13(2)8-6-9-14(3)20-17(18)19-10-7-11-22-16(5)12-15(4)21-22;/h12-14H,6-11H2,1-5H3,(H3,18,19,20);1H. The quantitative estimate of drug-likeness (QED) is 0.270. The molecule has 1 heterocycles. The van der Waals surface area contributed by atoms with Crippen LogP contribution in [0.3, 0.4) is 0 Å². The van der Waals surface area contributed by atoms with Gasteiger partial charge in [-0.3, -0.25) is 9.67 Å². The van der Waals surface area contributed by atoms with Crippen LogP contribution in [0.2, 0.25) is 0 Å². The van der Waals surface area contributed by atoms with Gasteiger partial charge in [-0.15, -0.1) is 24.0 Å². The number of nitrogens with two attached hydrogens (primary N) is 1. The molecule has 0 saturated carbocycles. The molecule has 1 unspecified atom stereocenters. The Morgan fingerprint density at radius 1 is 1.26 bits per heavy atom. The van der Waals surface area contributed by atoms with Gasteiger partial charge >= 0.3 is 0 Å². The maximum atomic E-state index is 5.94. The lowest BCUT2D eigenvalue weighted by molar-refractivity contribution is 0.493. The number of guanidine groups is 1. The molecular weight excluding hydrogens is 401 g/mol. The van der Waals surface area contributed by atoms with Crippen LogP contribution in [0.4, 0.5) is 0 Å². The molecule has 0 aliphatic rings. The first-order valence-electron chi connectivity index (χ1n) is 8.46. The van der Waals surface area contributed by atoms with E-state index in [4.69, 9.17) is 5.73 Å². The maximum absolute atomic E-state index is 5.94. The number of nitrogens with one attached hydrogen (secondary N) is 1. The van der Waals surface area contributed by atoms with E-state index in [0.29, 0.717) is 12.0 Å². The third-order valence-electron chi connectivity index (χ3n) is 3.73. The molecule has 0 amide bonds. The van der Waals surface area contributed by atoms with E-state index in [0.717, 1.165) is 37.5 Å². The molecule has 0 aliphatic carbocycles. The largest absolute Gasteiger partial charge is 0.370 e. The molecule has 0 saturated heterocycles. The fourth-order valence-electron chi connectivity index (χ4n) is 2.52. The Kier molecular flexibility index (Phi) is 11.3. The summed E-state index contributed by atoms with van der Waals surface area (Å²) >= 11 is 0. The number of hydrogen-bond donors (Lipinski definition) is 2. The van der Waals surface area contributed by atoms with E-state index in [1.54, 1.807) is 0 Å². The number of aliphatic imine (C=N–C) groups is 1. The minimum Gasteiger partial charge on any atom is -0.370 e. The molecule has 0 fully saturated rings. The van der Waals surface area contributed by atoms with E-state index in [1.165, 1.54) is 18.5 Å². The fourth-order valence-corrected chi connectivity index (χ4v) is 2.52. The normalized spacial score (nSPS) is 13.0. The summed E-state index contributed by atoms with van der Waals surface area (Å²) in [6.45, 7) is 12.4. The highest BCUT2D eigenvalue weighted by molar-refractivity contribution is 14.0. The van der Waals surface area contributed by atoms with E-state index < -0.39 is 0 Å². The Balaban J connectivity index is 0.00000484. The summed E-state index contributed by atoms with van der Waals surface area (Å²) in [7, 11) is 0. The van der Waals surface area contributed by atoms with Crippen molar-refractivity contribution >= 4 is 29.9 Å². The first-order chi connectivity index (χ1) is 10.4. The van der Waals surface area contributed by atoms with Gasteiger partial charge in [-0.25, -0.2) is 0 Å². The third-order valence-corrected chi connectivity index (χ3v) is 3.73. The molecule has 0 aliphatic heterocycles. The average molecular weight is 435 g/mol. The molecule has 0 spiro atoms. The summed E-state index contributed by atoms with van der Waals surface area (Å²) in [5, 5.41) is 7.72. The molecule has 6 heteroatoms. The zero-order valence-corrected chi connectivity index (χ0v) is 17.6. The molecule has 134 valence electrons. The number of aryl methyl sites for hydroxylation is 3. The van der Waals surface area contributed by atoms with Gasteiger partial charge in [0, 0.05) is 24.8 Å². The zero-order valence-electron chi connectivity index (χ0n) is 15.3.